The lowest BCUT2D eigenvalue weighted by molar-refractivity contribution is -0.0440. The molecule has 1 heterocycles. The average Bonchev–Trinajstić information content (AvgIpc) is 2.38. The molecule has 1 aliphatic heterocycles. The lowest BCUT2D eigenvalue weighted by atomic mass is 10.2. The lowest BCUT2D eigenvalue weighted by Crippen LogP contribution is -2.48. The van der Waals surface area contributed by atoms with Crippen molar-refractivity contribution in [1.29, 1.82) is 0 Å². The van der Waals surface area contributed by atoms with E-state index in [0.717, 1.165) is 5.56 Å². The van der Waals surface area contributed by atoms with Crippen LogP contribution in [0.5, 0.6) is 0 Å². The highest BCUT2D eigenvalue weighted by atomic mass is 79.9. The molecule has 0 aliphatic carbocycles. The van der Waals surface area contributed by atoms with Gasteiger partial charge in [-0.25, -0.2) is 8.42 Å². The molecule has 0 spiro atoms. The predicted molar refractivity (Wildman–Crippen MR) is 82.5 cm³/mol. The van der Waals surface area contributed by atoms with Crippen LogP contribution >= 0.6 is 27.5 Å². The largest absolute Gasteiger partial charge is 0.373 e. The molecule has 4 nitrogen and oxygen atoms in total. The Bertz CT molecular complexity index is 583. The second-order valence-corrected chi connectivity index (χ2v) is 8.01. The molecule has 1 saturated heterocycles. The zero-order chi connectivity index (χ0) is 14.9. The van der Waals surface area contributed by atoms with Crippen LogP contribution in [0.4, 0.5) is 0 Å². The van der Waals surface area contributed by atoms with Crippen molar-refractivity contribution in [2.75, 3.05) is 13.1 Å². The molecule has 0 aromatic heterocycles. The van der Waals surface area contributed by atoms with Gasteiger partial charge in [0.1, 0.15) is 0 Å². The standard InChI is InChI=1S/C13H17BrClNO3S/c1-9-7-16(8-10(2)19-9)20(17,18)13-5-11(6-15)3-4-12(13)14/h3-5,9-10H,6-8H2,1-2H3/t9-,10+. The lowest BCUT2D eigenvalue weighted by Gasteiger charge is -2.34. The Kier molecular flexibility index (Phi) is 5.13. The molecular formula is C13H17BrClNO3S. The van der Waals surface area contributed by atoms with Crippen molar-refractivity contribution in [1.82, 2.24) is 4.31 Å². The zero-order valence-corrected chi connectivity index (χ0v) is 14.5. The van der Waals surface area contributed by atoms with E-state index < -0.39 is 10.0 Å². The van der Waals surface area contributed by atoms with Crippen molar-refractivity contribution in [3.05, 3.63) is 28.2 Å². The number of halogens is 2. The van der Waals surface area contributed by atoms with E-state index in [1.165, 1.54) is 4.31 Å². The molecule has 20 heavy (non-hydrogen) atoms. The number of alkyl halides is 1. The Morgan fingerprint density at radius 2 is 1.95 bits per heavy atom. The number of ether oxygens (including phenoxy) is 1. The molecule has 0 radical (unpaired) electrons. The third-order valence-corrected chi connectivity index (χ3v) is 6.29. The van der Waals surface area contributed by atoms with Gasteiger partial charge in [0.15, 0.2) is 0 Å². The van der Waals surface area contributed by atoms with E-state index in [-0.39, 0.29) is 23.0 Å². The van der Waals surface area contributed by atoms with E-state index in [4.69, 9.17) is 16.3 Å². The minimum absolute atomic E-state index is 0.108. The van der Waals surface area contributed by atoms with Gasteiger partial charge in [0.25, 0.3) is 0 Å². The zero-order valence-electron chi connectivity index (χ0n) is 11.3. The van der Waals surface area contributed by atoms with Crippen molar-refractivity contribution >= 4 is 37.6 Å². The van der Waals surface area contributed by atoms with E-state index in [2.05, 4.69) is 15.9 Å². The van der Waals surface area contributed by atoms with Crippen molar-refractivity contribution in [2.45, 2.75) is 36.8 Å². The highest BCUT2D eigenvalue weighted by Gasteiger charge is 2.33. The maximum Gasteiger partial charge on any atom is 0.244 e. The van der Waals surface area contributed by atoms with Gasteiger partial charge in [0.2, 0.25) is 10.0 Å². The van der Waals surface area contributed by atoms with Gasteiger partial charge in [-0.05, 0) is 47.5 Å². The number of sulfonamides is 1. The second-order valence-electron chi connectivity index (χ2n) is 4.98. The van der Waals surface area contributed by atoms with Gasteiger partial charge in [-0.15, -0.1) is 11.6 Å². The van der Waals surface area contributed by atoms with E-state index in [9.17, 15) is 8.42 Å². The molecule has 7 heteroatoms. The SMILES string of the molecule is C[C@@H]1CN(S(=O)(=O)c2cc(CCl)ccc2Br)C[C@H](C)O1. The van der Waals surface area contributed by atoms with Crippen molar-refractivity contribution in [2.24, 2.45) is 0 Å². The Morgan fingerprint density at radius 3 is 2.50 bits per heavy atom. The molecule has 2 atom stereocenters. The van der Waals surface area contributed by atoms with Gasteiger partial charge in [0.05, 0.1) is 17.1 Å². The molecule has 0 unspecified atom stereocenters. The van der Waals surface area contributed by atoms with E-state index in [1.54, 1.807) is 18.2 Å². The van der Waals surface area contributed by atoms with Crippen LogP contribution in [-0.4, -0.2) is 38.0 Å². The van der Waals surface area contributed by atoms with Crippen LogP contribution in [0.25, 0.3) is 0 Å². The quantitative estimate of drug-likeness (QED) is 0.755. The summed E-state index contributed by atoms with van der Waals surface area (Å²) in [7, 11) is -3.54. The van der Waals surface area contributed by atoms with Gasteiger partial charge >= 0.3 is 0 Å². The van der Waals surface area contributed by atoms with Gasteiger partial charge in [0, 0.05) is 23.4 Å². The third kappa shape index (κ3) is 3.36. The maximum atomic E-state index is 12.8. The first-order valence-corrected chi connectivity index (χ1v) is 9.11. The summed E-state index contributed by atoms with van der Waals surface area (Å²) in [6.45, 7) is 4.49. The first kappa shape index (κ1) is 16.2. The highest BCUT2D eigenvalue weighted by Crippen LogP contribution is 2.28. The molecule has 0 N–H and O–H groups in total. The monoisotopic (exact) mass is 381 g/mol. The van der Waals surface area contributed by atoms with Crippen molar-refractivity contribution in [3.63, 3.8) is 0 Å². The Labute approximate surface area is 133 Å². The first-order chi connectivity index (χ1) is 9.34. The molecule has 0 bridgehead atoms. The number of hydrogen-bond donors (Lipinski definition) is 0. The topological polar surface area (TPSA) is 46.6 Å². The molecule has 112 valence electrons. The Balaban J connectivity index is 2.39. The van der Waals surface area contributed by atoms with Crippen molar-refractivity contribution < 1.29 is 13.2 Å². The number of morpholine rings is 1. The van der Waals surface area contributed by atoms with Crippen molar-refractivity contribution in [3.8, 4) is 0 Å². The second kappa shape index (κ2) is 6.32. The van der Waals surface area contributed by atoms with Crippen LogP contribution in [0.1, 0.15) is 19.4 Å². The number of nitrogens with zero attached hydrogens (tertiary/aromatic N) is 1. The van der Waals surface area contributed by atoms with Gasteiger partial charge in [-0.3, -0.25) is 0 Å². The molecule has 1 aliphatic rings. The summed E-state index contributed by atoms with van der Waals surface area (Å²) in [6, 6.07) is 5.15. The van der Waals surface area contributed by atoms with Crippen LogP contribution in [-0.2, 0) is 20.6 Å². The molecule has 1 aromatic rings. The normalized spacial score (nSPS) is 24.8. The molecule has 0 saturated carbocycles. The molecule has 1 aromatic carbocycles. The predicted octanol–water partition coefficient (Wildman–Crippen LogP) is 2.99. The summed E-state index contributed by atoms with van der Waals surface area (Å²) in [6.07, 6.45) is -0.216. The molecule has 1 fully saturated rings. The minimum Gasteiger partial charge on any atom is -0.373 e. The van der Waals surface area contributed by atoms with E-state index in [1.807, 2.05) is 13.8 Å². The Hall–Kier alpha value is -0.140. The Morgan fingerprint density at radius 1 is 1.35 bits per heavy atom. The fourth-order valence-electron chi connectivity index (χ4n) is 2.29. The summed E-state index contributed by atoms with van der Waals surface area (Å²) < 4.78 is 33.1. The molecular weight excluding hydrogens is 366 g/mol. The molecule has 0 amide bonds. The first-order valence-electron chi connectivity index (χ1n) is 6.34. The number of hydrogen-bond acceptors (Lipinski definition) is 3. The highest BCUT2D eigenvalue weighted by molar-refractivity contribution is 9.10. The maximum absolute atomic E-state index is 12.8. The van der Waals surface area contributed by atoms with Crippen LogP contribution in [0.15, 0.2) is 27.6 Å². The van der Waals surface area contributed by atoms with Gasteiger partial charge < -0.3 is 4.74 Å². The summed E-state index contributed by atoms with van der Waals surface area (Å²) >= 11 is 9.10. The molecule has 2 rings (SSSR count). The summed E-state index contributed by atoms with van der Waals surface area (Å²) in [4.78, 5) is 0.261. The van der Waals surface area contributed by atoms with Crippen LogP contribution in [0, 0.1) is 0 Å². The average molecular weight is 383 g/mol. The van der Waals surface area contributed by atoms with Gasteiger partial charge in [-0.2, -0.15) is 4.31 Å². The van der Waals surface area contributed by atoms with E-state index >= 15 is 0 Å². The fourth-order valence-corrected chi connectivity index (χ4v) is 5.03. The van der Waals surface area contributed by atoms with Crippen LogP contribution in [0.3, 0.4) is 0 Å². The van der Waals surface area contributed by atoms with Crippen LogP contribution < -0.4 is 0 Å². The summed E-state index contributed by atoms with van der Waals surface area (Å²) in [5.74, 6) is 0.283. The third-order valence-electron chi connectivity index (χ3n) is 3.15. The minimum atomic E-state index is -3.54. The van der Waals surface area contributed by atoms with E-state index in [0.29, 0.717) is 17.6 Å². The van der Waals surface area contributed by atoms with Crippen LogP contribution in [0.2, 0.25) is 0 Å². The smallest absolute Gasteiger partial charge is 0.244 e. The summed E-state index contributed by atoms with van der Waals surface area (Å²) in [5, 5.41) is 0. The summed E-state index contributed by atoms with van der Waals surface area (Å²) in [5.41, 5.74) is 0.780. The number of rotatable bonds is 3. The van der Waals surface area contributed by atoms with Gasteiger partial charge in [-0.1, -0.05) is 6.07 Å². The number of benzene rings is 1. The fraction of sp³-hybridized carbons (Fsp3) is 0.538.